The van der Waals surface area contributed by atoms with E-state index in [1.807, 2.05) is 0 Å². The topological polar surface area (TPSA) is 89.3 Å². The van der Waals surface area contributed by atoms with Crippen molar-refractivity contribution in [2.45, 2.75) is 50.0 Å². The lowest BCUT2D eigenvalue weighted by molar-refractivity contribution is -0.125. The minimum Gasteiger partial charge on any atom is -0.352 e. The van der Waals surface area contributed by atoms with E-state index in [2.05, 4.69) is 5.32 Å². The zero-order valence-electron chi connectivity index (χ0n) is 12.0. The van der Waals surface area contributed by atoms with E-state index in [0.717, 1.165) is 31.2 Å². The van der Waals surface area contributed by atoms with Gasteiger partial charge in [-0.15, -0.1) is 0 Å². The molecule has 0 aromatic heterocycles. The van der Waals surface area contributed by atoms with Crippen LogP contribution in [0.25, 0.3) is 0 Å². The van der Waals surface area contributed by atoms with E-state index in [9.17, 15) is 13.2 Å². The first-order chi connectivity index (χ1) is 9.97. The summed E-state index contributed by atoms with van der Waals surface area (Å²) in [5.74, 6) is 0.159. The lowest BCUT2D eigenvalue weighted by Crippen LogP contribution is -2.30. The number of nitrogens with one attached hydrogen (secondary N) is 1. The Morgan fingerprint density at radius 1 is 1.19 bits per heavy atom. The lowest BCUT2D eigenvalue weighted by atomic mass is 9.99. The molecule has 0 atom stereocenters. The summed E-state index contributed by atoms with van der Waals surface area (Å²) in [5, 5.41) is 8.00. The number of benzene rings is 1. The molecule has 3 N–H and O–H groups in total. The molecule has 0 saturated heterocycles. The Hall–Kier alpha value is -1.40. The van der Waals surface area contributed by atoms with E-state index in [4.69, 9.17) is 5.14 Å². The van der Waals surface area contributed by atoms with Gasteiger partial charge in [0.15, 0.2) is 0 Å². The van der Waals surface area contributed by atoms with Crippen LogP contribution in [0.3, 0.4) is 0 Å². The SMILES string of the molecule is NS(=O)(=O)c1cccc(CNC(=O)C2CCCCCC2)c1. The second-order valence-electron chi connectivity index (χ2n) is 5.60. The summed E-state index contributed by atoms with van der Waals surface area (Å²) < 4.78 is 22.6. The number of rotatable bonds is 4. The maximum atomic E-state index is 12.2. The molecule has 2 rings (SSSR count). The molecule has 1 aliphatic rings. The van der Waals surface area contributed by atoms with Gasteiger partial charge in [-0.2, -0.15) is 0 Å². The minimum absolute atomic E-state index is 0.0675. The van der Waals surface area contributed by atoms with Crippen LogP contribution in [0.1, 0.15) is 44.1 Å². The third-order valence-electron chi connectivity index (χ3n) is 3.92. The monoisotopic (exact) mass is 310 g/mol. The Morgan fingerprint density at radius 2 is 1.86 bits per heavy atom. The van der Waals surface area contributed by atoms with Gasteiger partial charge in [-0.1, -0.05) is 37.8 Å². The Balaban J connectivity index is 1.94. The fourth-order valence-electron chi connectivity index (χ4n) is 2.71. The molecule has 0 spiro atoms. The zero-order chi connectivity index (χ0) is 15.3. The fraction of sp³-hybridized carbons (Fsp3) is 0.533. The maximum absolute atomic E-state index is 12.2. The summed E-state index contributed by atoms with van der Waals surface area (Å²) in [6.45, 7) is 0.332. The van der Waals surface area contributed by atoms with E-state index in [1.165, 1.54) is 25.0 Å². The second kappa shape index (κ2) is 7.04. The highest BCUT2D eigenvalue weighted by Crippen LogP contribution is 2.23. The van der Waals surface area contributed by atoms with Crippen molar-refractivity contribution in [3.63, 3.8) is 0 Å². The molecule has 0 heterocycles. The Morgan fingerprint density at radius 3 is 2.48 bits per heavy atom. The molecule has 0 radical (unpaired) electrons. The number of hydrogen-bond donors (Lipinski definition) is 2. The van der Waals surface area contributed by atoms with Crippen LogP contribution in [-0.4, -0.2) is 14.3 Å². The highest BCUT2D eigenvalue weighted by atomic mass is 32.2. The molecule has 1 saturated carbocycles. The predicted molar refractivity (Wildman–Crippen MR) is 80.9 cm³/mol. The van der Waals surface area contributed by atoms with Crippen LogP contribution < -0.4 is 10.5 Å². The van der Waals surface area contributed by atoms with Crippen molar-refractivity contribution in [2.24, 2.45) is 11.1 Å². The summed E-state index contributed by atoms with van der Waals surface area (Å²) >= 11 is 0. The molecule has 1 amide bonds. The average molecular weight is 310 g/mol. The van der Waals surface area contributed by atoms with Crippen LogP contribution in [0.5, 0.6) is 0 Å². The first-order valence-electron chi connectivity index (χ1n) is 7.36. The van der Waals surface area contributed by atoms with Crippen molar-refractivity contribution in [1.82, 2.24) is 5.32 Å². The molecule has 0 bridgehead atoms. The Labute approximate surface area is 126 Å². The highest BCUT2D eigenvalue weighted by molar-refractivity contribution is 7.89. The third kappa shape index (κ3) is 4.82. The van der Waals surface area contributed by atoms with E-state index >= 15 is 0 Å². The van der Waals surface area contributed by atoms with Crippen molar-refractivity contribution in [3.8, 4) is 0 Å². The van der Waals surface area contributed by atoms with Crippen molar-refractivity contribution in [1.29, 1.82) is 0 Å². The number of sulfonamides is 1. The number of nitrogens with two attached hydrogens (primary N) is 1. The van der Waals surface area contributed by atoms with Gasteiger partial charge in [-0.05, 0) is 30.5 Å². The van der Waals surface area contributed by atoms with Gasteiger partial charge in [0.25, 0.3) is 0 Å². The first-order valence-corrected chi connectivity index (χ1v) is 8.91. The third-order valence-corrected chi connectivity index (χ3v) is 4.83. The normalized spacial score (nSPS) is 17.2. The molecule has 1 aromatic carbocycles. The number of hydrogen-bond acceptors (Lipinski definition) is 3. The van der Waals surface area contributed by atoms with E-state index in [-0.39, 0.29) is 16.7 Å². The van der Waals surface area contributed by atoms with Gasteiger partial charge >= 0.3 is 0 Å². The molecule has 1 fully saturated rings. The largest absolute Gasteiger partial charge is 0.352 e. The van der Waals surface area contributed by atoms with Crippen LogP contribution in [0.2, 0.25) is 0 Å². The first kappa shape index (κ1) is 16.0. The number of amides is 1. The zero-order valence-corrected chi connectivity index (χ0v) is 12.9. The molecule has 1 aliphatic carbocycles. The Kier molecular flexibility index (Phi) is 5.36. The van der Waals surface area contributed by atoms with E-state index in [1.54, 1.807) is 12.1 Å². The summed E-state index contributed by atoms with van der Waals surface area (Å²) in [4.78, 5) is 12.2. The van der Waals surface area contributed by atoms with Crippen LogP contribution in [0.4, 0.5) is 0 Å². The van der Waals surface area contributed by atoms with Crippen molar-refractivity contribution in [2.75, 3.05) is 0 Å². The molecule has 116 valence electrons. The summed E-state index contributed by atoms with van der Waals surface area (Å²) in [7, 11) is -3.70. The van der Waals surface area contributed by atoms with Gasteiger partial charge in [-0.25, -0.2) is 13.6 Å². The molecule has 1 aromatic rings. The van der Waals surface area contributed by atoms with E-state index in [0.29, 0.717) is 6.54 Å². The summed E-state index contributed by atoms with van der Waals surface area (Å²) in [6, 6.07) is 6.36. The van der Waals surface area contributed by atoms with Crippen molar-refractivity contribution >= 4 is 15.9 Å². The van der Waals surface area contributed by atoms with E-state index < -0.39 is 10.0 Å². The molecular weight excluding hydrogens is 288 g/mol. The smallest absolute Gasteiger partial charge is 0.238 e. The van der Waals surface area contributed by atoms with Gasteiger partial charge in [0.1, 0.15) is 0 Å². The van der Waals surface area contributed by atoms with Crippen LogP contribution in [0, 0.1) is 5.92 Å². The van der Waals surface area contributed by atoms with Crippen LogP contribution in [0.15, 0.2) is 29.2 Å². The van der Waals surface area contributed by atoms with Crippen molar-refractivity contribution in [3.05, 3.63) is 29.8 Å². The van der Waals surface area contributed by atoms with Gasteiger partial charge in [-0.3, -0.25) is 4.79 Å². The molecular formula is C15H22N2O3S. The molecule has 0 unspecified atom stereocenters. The van der Waals surface area contributed by atoms with Crippen LogP contribution >= 0.6 is 0 Å². The molecule has 0 aliphatic heterocycles. The van der Waals surface area contributed by atoms with Gasteiger partial charge in [0.2, 0.25) is 15.9 Å². The maximum Gasteiger partial charge on any atom is 0.238 e. The predicted octanol–water partition coefficient (Wildman–Crippen LogP) is 1.92. The van der Waals surface area contributed by atoms with Gasteiger partial charge in [0.05, 0.1) is 4.90 Å². The number of carbonyl (C=O) groups is 1. The lowest BCUT2D eigenvalue weighted by Gasteiger charge is -2.14. The van der Waals surface area contributed by atoms with Crippen LogP contribution in [-0.2, 0) is 21.4 Å². The summed E-state index contributed by atoms with van der Waals surface area (Å²) in [5.41, 5.74) is 0.739. The second-order valence-corrected chi connectivity index (χ2v) is 7.16. The quantitative estimate of drug-likeness (QED) is 0.833. The highest BCUT2D eigenvalue weighted by Gasteiger charge is 2.19. The van der Waals surface area contributed by atoms with Gasteiger partial charge in [0, 0.05) is 12.5 Å². The minimum atomic E-state index is -3.70. The molecule has 21 heavy (non-hydrogen) atoms. The molecule has 5 nitrogen and oxygen atoms in total. The number of primary sulfonamides is 1. The number of carbonyl (C=O) groups excluding carboxylic acids is 1. The van der Waals surface area contributed by atoms with Gasteiger partial charge < -0.3 is 5.32 Å². The molecule has 6 heteroatoms. The average Bonchev–Trinajstić information content (AvgIpc) is 2.73. The standard InChI is InChI=1S/C15H22N2O3S/c16-21(19,20)14-9-5-6-12(10-14)11-17-15(18)13-7-3-1-2-4-8-13/h5-6,9-10,13H,1-4,7-8,11H2,(H,17,18)(H2,16,19,20). The fourth-order valence-corrected chi connectivity index (χ4v) is 3.29. The Bertz CT molecular complexity index is 591. The summed E-state index contributed by atoms with van der Waals surface area (Å²) in [6.07, 6.45) is 6.53. The van der Waals surface area contributed by atoms with Crippen molar-refractivity contribution < 1.29 is 13.2 Å².